The van der Waals surface area contributed by atoms with Gasteiger partial charge in [-0.15, -0.1) is 0 Å². The van der Waals surface area contributed by atoms with Gasteiger partial charge in [0.15, 0.2) is 23.3 Å². The number of benzene rings is 2. The van der Waals surface area contributed by atoms with E-state index in [1.54, 1.807) is 30.8 Å². The molecule has 6 nitrogen and oxygen atoms in total. The molecule has 0 aliphatic rings. The summed E-state index contributed by atoms with van der Waals surface area (Å²) in [6.45, 7) is 0.115. The van der Waals surface area contributed by atoms with Crippen LogP contribution in [-0.4, -0.2) is 22.5 Å². The van der Waals surface area contributed by atoms with Crippen molar-refractivity contribution >= 4 is 17.5 Å². The van der Waals surface area contributed by atoms with Gasteiger partial charge in [0.2, 0.25) is 0 Å². The maximum Gasteiger partial charge on any atom is 0.255 e. The molecule has 2 aromatic carbocycles. The molecule has 0 aliphatic heterocycles. The largest absolute Gasteiger partial charge is 0.485 e. The van der Waals surface area contributed by atoms with Gasteiger partial charge < -0.3 is 15.2 Å². The van der Waals surface area contributed by atoms with E-state index in [0.717, 1.165) is 11.1 Å². The standard InChI is InChI=1S/C20H17ClN3O3/c21-20-16(23-8-9-24-20)10-15-6-7-17(27-13-19(22)25)18(11-15)26-12-14-4-2-1-3-5-14/h1-11H,12-13H2,(H2,22,25). The third-order valence-electron chi connectivity index (χ3n) is 3.56. The second-order valence-electron chi connectivity index (χ2n) is 5.61. The molecule has 0 fully saturated rings. The Balaban J connectivity index is 1.81. The van der Waals surface area contributed by atoms with Gasteiger partial charge in [0, 0.05) is 18.8 Å². The molecule has 2 N–H and O–H groups in total. The summed E-state index contributed by atoms with van der Waals surface area (Å²) in [4.78, 5) is 19.2. The maximum atomic E-state index is 11.0. The first kappa shape index (κ1) is 18.7. The van der Waals surface area contributed by atoms with Gasteiger partial charge >= 0.3 is 0 Å². The van der Waals surface area contributed by atoms with E-state index in [-0.39, 0.29) is 6.61 Å². The van der Waals surface area contributed by atoms with Crippen molar-refractivity contribution in [2.24, 2.45) is 5.73 Å². The monoisotopic (exact) mass is 382 g/mol. The average molecular weight is 383 g/mol. The van der Waals surface area contributed by atoms with E-state index in [9.17, 15) is 4.79 Å². The summed E-state index contributed by atoms with van der Waals surface area (Å²) in [7, 11) is 0. The summed E-state index contributed by atoms with van der Waals surface area (Å²) in [6, 6.07) is 15.0. The number of nitrogens with zero attached hydrogens (tertiary/aromatic N) is 2. The summed E-state index contributed by atoms with van der Waals surface area (Å²) >= 11 is 6.06. The third kappa shape index (κ3) is 5.43. The highest BCUT2D eigenvalue weighted by atomic mass is 35.5. The number of ether oxygens (including phenoxy) is 2. The second-order valence-corrected chi connectivity index (χ2v) is 5.97. The first-order valence-corrected chi connectivity index (χ1v) is 8.53. The Hall–Kier alpha value is -3.12. The van der Waals surface area contributed by atoms with E-state index in [2.05, 4.69) is 9.97 Å². The smallest absolute Gasteiger partial charge is 0.255 e. The zero-order valence-corrected chi connectivity index (χ0v) is 15.1. The molecule has 0 aliphatic carbocycles. The highest BCUT2D eigenvalue weighted by molar-refractivity contribution is 6.30. The van der Waals surface area contributed by atoms with Gasteiger partial charge in [-0.3, -0.25) is 9.78 Å². The molecule has 0 spiro atoms. The molecule has 1 aromatic heterocycles. The zero-order chi connectivity index (χ0) is 19.1. The number of hydrogen-bond acceptors (Lipinski definition) is 5. The number of rotatable bonds is 8. The first-order valence-electron chi connectivity index (χ1n) is 8.15. The fourth-order valence-corrected chi connectivity index (χ4v) is 2.48. The van der Waals surface area contributed by atoms with Gasteiger partial charge in [-0.05, 0) is 23.3 Å². The molecule has 0 saturated carbocycles. The number of aromatic nitrogens is 2. The van der Waals surface area contributed by atoms with Gasteiger partial charge in [-0.1, -0.05) is 48.0 Å². The van der Waals surface area contributed by atoms with Crippen LogP contribution in [0.4, 0.5) is 0 Å². The molecule has 3 aromatic rings. The van der Waals surface area contributed by atoms with Gasteiger partial charge in [0.25, 0.3) is 5.91 Å². The van der Waals surface area contributed by atoms with Crippen molar-refractivity contribution in [1.29, 1.82) is 0 Å². The highest BCUT2D eigenvalue weighted by Gasteiger charge is 2.11. The predicted molar refractivity (Wildman–Crippen MR) is 101 cm³/mol. The third-order valence-corrected chi connectivity index (χ3v) is 3.85. The number of hydrogen-bond donors (Lipinski definition) is 1. The van der Waals surface area contributed by atoms with Crippen molar-refractivity contribution in [2.75, 3.05) is 6.61 Å². The van der Waals surface area contributed by atoms with Crippen LogP contribution in [0.25, 0.3) is 0 Å². The van der Waals surface area contributed by atoms with Gasteiger partial charge in [0.05, 0.1) is 5.69 Å². The second kappa shape index (κ2) is 9.00. The Morgan fingerprint density at radius 3 is 2.56 bits per heavy atom. The lowest BCUT2D eigenvalue weighted by molar-refractivity contribution is -0.119. The minimum atomic E-state index is -0.564. The average Bonchev–Trinajstić information content (AvgIpc) is 2.68. The molecule has 1 radical (unpaired) electrons. The molecule has 27 heavy (non-hydrogen) atoms. The summed E-state index contributed by atoms with van der Waals surface area (Å²) < 4.78 is 11.3. The van der Waals surface area contributed by atoms with E-state index >= 15 is 0 Å². The lowest BCUT2D eigenvalue weighted by Crippen LogP contribution is -2.20. The van der Waals surface area contributed by atoms with Crippen molar-refractivity contribution in [3.8, 4) is 11.5 Å². The summed E-state index contributed by atoms with van der Waals surface area (Å²) in [5.74, 6) is 0.340. The Morgan fingerprint density at radius 2 is 1.81 bits per heavy atom. The zero-order valence-electron chi connectivity index (χ0n) is 14.3. The molecular formula is C20H17ClN3O3. The highest BCUT2D eigenvalue weighted by Crippen LogP contribution is 2.31. The topological polar surface area (TPSA) is 87.3 Å². The fourth-order valence-electron chi connectivity index (χ4n) is 2.32. The number of halogens is 1. The molecule has 1 amide bonds. The molecule has 0 unspecified atom stereocenters. The number of primary amides is 1. The summed E-state index contributed by atoms with van der Waals surface area (Å²) in [5.41, 5.74) is 7.51. The number of nitrogens with two attached hydrogens (primary N) is 1. The van der Waals surface area contributed by atoms with Crippen LogP contribution in [0.3, 0.4) is 0 Å². The number of amides is 1. The van der Waals surface area contributed by atoms with E-state index in [4.69, 9.17) is 26.8 Å². The van der Waals surface area contributed by atoms with Gasteiger partial charge in [0.1, 0.15) is 6.61 Å². The molecule has 0 saturated heterocycles. The maximum absolute atomic E-state index is 11.0. The minimum absolute atomic E-state index is 0.235. The number of carbonyl (C=O) groups is 1. The Morgan fingerprint density at radius 1 is 1.04 bits per heavy atom. The predicted octanol–water partition coefficient (Wildman–Crippen LogP) is 3.17. The van der Waals surface area contributed by atoms with Crippen molar-refractivity contribution in [1.82, 2.24) is 9.97 Å². The molecule has 137 valence electrons. The molecule has 0 atom stereocenters. The molecular weight excluding hydrogens is 366 g/mol. The fraction of sp³-hybridized carbons (Fsp3) is 0.100. The van der Waals surface area contributed by atoms with Gasteiger partial charge in [-0.2, -0.15) is 0 Å². The summed E-state index contributed by atoms with van der Waals surface area (Å²) in [5, 5.41) is 0.304. The van der Waals surface area contributed by atoms with Crippen LogP contribution >= 0.6 is 11.6 Å². The molecule has 7 heteroatoms. The van der Waals surface area contributed by atoms with E-state index in [1.807, 2.05) is 30.3 Å². The van der Waals surface area contributed by atoms with E-state index in [1.165, 1.54) is 6.20 Å². The lowest BCUT2D eigenvalue weighted by atomic mass is 10.1. The Labute approximate surface area is 161 Å². The van der Waals surface area contributed by atoms with Crippen LogP contribution in [0.15, 0.2) is 60.9 Å². The van der Waals surface area contributed by atoms with Crippen molar-refractivity contribution in [3.05, 3.63) is 89.3 Å². The van der Waals surface area contributed by atoms with Gasteiger partial charge in [-0.25, -0.2) is 4.98 Å². The molecule has 3 rings (SSSR count). The Kier molecular flexibility index (Phi) is 6.22. The van der Waals surface area contributed by atoms with Crippen LogP contribution in [-0.2, 0) is 11.4 Å². The van der Waals surface area contributed by atoms with Crippen LogP contribution in [0, 0.1) is 6.42 Å². The van der Waals surface area contributed by atoms with Crippen LogP contribution < -0.4 is 15.2 Å². The van der Waals surface area contributed by atoms with E-state index in [0.29, 0.717) is 29.0 Å². The van der Waals surface area contributed by atoms with E-state index < -0.39 is 5.91 Å². The minimum Gasteiger partial charge on any atom is -0.485 e. The van der Waals surface area contributed by atoms with Crippen molar-refractivity contribution in [2.45, 2.75) is 6.61 Å². The molecule has 1 heterocycles. The summed E-state index contributed by atoms with van der Waals surface area (Å²) in [6.07, 6.45) is 4.87. The van der Waals surface area contributed by atoms with Crippen LogP contribution in [0.5, 0.6) is 11.5 Å². The SMILES string of the molecule is NC(=O)COc1ccc([CH]c2nccnc2Cl)cc1OCc1ccccc1. The van der Waals surface area contributed by atoms with Crippen LogP contribution in [0.2, 0.25) is 5.15 Å². The van der Waals surface area contributed by atoms with Crippen LogP contribution in [0.1, 0.15) is 16.8 Å². The van der Waals surface area contributed by atoms with Crippen molar-refractivity contribution in [3.63, 3.8) is 0 Å². The quantitative estimate of drug-likeness (QED) is 0.646. The van der Waals surface area contributed by atoms with Crippen molar-refractivity contribution < 1.29 is 14.3 Å². The lowest BCUT2D eigenvalue weighted by Gasteiger charge is -2.14. The Bertz CT molecular complexity index is 919. The first-order chi connectivity index (χ1) is 13.1. The molecule has 0 bridgehead atoms. The number of carbonyl (C=O) groups excluding carboxylic acids is 1. The normalized spacial score (nSPS) is 10.4.